The van der Waals surface area contributed by atoms with Crippen molar-refractivity contribution in [1.82, 2.24) is 15.0 Å². The molecular weight excluding hydrogens is 180 g/mol. The zero-order chi connectivity index (χ0) is 9.97. The predicted molar refractivity (Wildman–Crippen MR) is 50.3 cm³/mol. The van der Waals surface area contributed by atoms with E-state index < -0.39 is 5.91 Å². The maximum atomic E-state index is 10.8. The Morgan fingerprint density at radius 2 is 2.29 bits per heavy atom. The van der Waals surface area contributed by atoms with Gasteiger partial charge in [0.25, 0.3) is 5.91 Å². The third kappa shape index (κ3) is 1.47. The molecule has 0 atom stereocenters. The molecule has 2 heterocycles. The van der Waals surface area contributed by atoms with Gasteiger partial charge in [-0.05, 0) is 12.1 Å². The van der Waals surface area contributed by atoms with E-state index >= 15 is 0 Å². The van der Waals surface area contributed by atoms with Gasteiger partial charge >= 0.3 is 0 Å². The Morgan fingerprint density at radius 3 is 2.93 bits per heavy atom. The van der Waals surface area contributed by atoms with E-state index in [9.17, 15) is 4.79 Å². The average molecular weight is 188 g/mol. The molecule has 0 bridgehead atoms. The van der Waals surface area contributed by atoms with E-state index in [2.05, 4.69) is 15.0 Å². The second kappa shape index (κ2) is 3.29. The van der Waals surface area contributed by atoms with Gasteiger partial charge in [0.1, 0.15) is 0 Å². The van der Waals surface area contributed by atoms with Crippen molar-refractivity contribution < 1.29 is 4.79 Å². The maximum absolute atomic E-state index is 10.8. The van der Waals surface area contributed by atoms with Crippen LogP contribution in [0.15, 0.2) is 30.7 Å². The first kappa shape index (κ1) is 8.43. The van der Waals surface area contributed by atoms with E-state index in [0.717, 1.165) is 5.56 Å². The highest BCUT2D eigenvalue weighted by Crippen LogP contribution is 2.14. The van der Waals surface area contributed by atoms with Crippen LogP contribution in [-0.4, -0.2) is 20.9 Å². The van der Waals surface area contributed by atoms with Gasteiger partial charge in [-0.3, -0.25) is 4.79 Å². The number of aromatic nitrogens is 3. The number of primary amides is 1. The van der Waals surface area contributed by atoms with Crippen LogP contribution in [0.1, 0.15) is 10.6 Å². The van der Waals surface area contributed by atoms with Gasteiger partial charge < -0.3 is 10.7 Å². The van der Waals surface area contributed by atoms with E-state index in [4.69, 9.17) is 5.73 Å². The lowest BCUT2D eigenvalue weighted by atomic mass is 10.2. The molecule has 5 heteroatoms. The van der Waals surface area contributed by atoms with Gasteiger partial charge in [0, 0.05) is 24.2 Å². The Bertz CT molecular complexity index is 450. The molecule has 14 heavy (non-hydrogen) atoms. The maximum Gasteiger partial charge on any atom is 0.286 e. The summed E-state index contributed by atoms with van der Waals surface area (Å²) in [6.45, 7) is 0. The van der Waals surface area contributed by atoms with Gasteiger partial charge in [-0.15, -0.1) is 0 Å². The predicted octanol–water partition coefficient (Wildman–Crippen LogP) is 0.571. The highest BCUT2D eigenvalue weighted by molar-refractivity contribution is 5.89. The Kier molecular flexibility index (Phi) is 1.98. The number of nitrogens with one attached hydrogen (secondary N) is 1. The van der Waals surface area contributed by atoms with Gasteiger partial charge in [0.05, 0.1) is 5.69 Å². The van der Waals surface area contributed by atoms with Gasteiger partial charge in [0.2, 0.25) is 5.82 Å². The minimum Gasteiger partial charge on any atom is -0.367 e. The van der Waals surface area contributed by atoms with Crippen LogP contribution in [-0.2, 0) is 0 Å². The van der Waals surface area contributed by atoms with Crippen LogP contribution in [0.5, 0.6) is 0 Å². The number of amides is 1. The van der Waals surface area contributed by atoms with E-state index in [1.807, 2.05) is 6.07 Å². The summed E-state index contributed by atoms with van der Waals surface area (Å²) in [7, 11) is 0. The van der Waals surface area contributed by atoms with E-state index in [-0.39, 0.29) is 5.82 Å². The average Bonchev–Trinajstić information content (AvgIpc) is 2.71. The first-order valence-corrected chi connectivity index (χ1v) is 4.03. The van der Waals surface area contributed by atoms with Crippen molar-refractivity contribution in [2.75, 3.05) is 0 Å². The molecule has 3 N–H and O–H groups in total. The molecule has 70 valence electrons. The smallest absolute Gasteiger partial charge is 0.286 e. The standard InChI is InChI=1S/C9H8N4O/c10-8(14)9-12-4-2-7(13-9)6-1-3-11-5-6/h1-5,11H,(H2,10,14). The molecule has 0 fully saturated rings. The molecule has 0 aliphatic heterocycles. The Balaban J connectivity index is 2.46. The number of hydrogen-bond acceptors (Lipinski definition) is 3. The van der Waals surface area contributed by atoms with Gasteiger partial charge in [-0.1, -0.05) is 0 Å². The molecule has 0 saturated carbocycles. The van der Waals surface area contributed by atoms with Gasteiger partial charge in [-0.2, -0.15) is 0 Å². The van der Waals surface area contributed by atoms with Crippen molar-refractivity contribution in [3.05, 3.63) is 36.5 Å². The van der Waals surface area contributed by atoms with Crippen LogP contribution in [0.2, 0.25) is 0 Å². The molecule has 0 aliphatic rings. The summed E-state index contributed by atoms with van der Waals surface area (Å²) in [5.41, 5.74) is 6.64. The molecule has 0 radical (unpaired) electrons. The minimum atomic E-state index is -0.623. The highest BCUT2D eigenvalue weighted by Gasteiger charge is 2.06. The number of aromatic amines is 1. The largest absolute Gasteiger partial charge is 0.367 e. The number of carbonyl (C=O) groups excluding carboxylic acids is 1. The molecular formula is C9H8N4O. The fourth-order valence-electron chi connectivity index (χ4n) is 1.12. The number of hydrogen-bond donors (Lipinski definition) is 2. The zero-order valence-corrected chi connectivity index (χ0v) is 7.27. The SMILES string of the molecule is NC(=O)c1nccc(-c2cc[nH]c2)n1. The van der Waals surface area contributed by atoms with Crippen LogP contribution in [0.4, 0.5) is 0 Å². The van der Waals surface area contributed by atoms with Gasteiger partial charge in [0.15, 0.2) is 0 Å². The van der Waals surface area contributed by atoms with E-state index in [1.165, 1.54) is 6.20 Å². The normalized spacial score (nSPS) is 10.0. The van der Waals surface area contributed by atoms with Crippen molar-refractivity contribution >= 4 is 5.91 Å². The summed E-state index contributed by atoms with van der Waals surface area (Å²) in [6.07, 6.45) is 5.07. The monoisotopic (exact) mass is 188 g/mol. The molecule has 0 aliphatic carbocycles. The number of rotatable bonds is 2. The lowest BCUT2D eigenvalue weighted by Crippen LogP contribution is -2.15. The number of H-pyrrole nitrogens is 1. The second-order valence-electron chi connectivity index (χ2n) is 2.73. The third-order valence-electron chi connectivity index (χ3n) is 1.77. The summed E-state index contributed by atoms with van der Waals surface area (Å²) in [5.74, 6) is -0.592. The lowest BCUT2D eigenvalue weighted by Gasteiger charge is -1.97. The van der Waals surface area contributed by atoms with E-state index in [1.54, 1.807) is 18.5 Å². The Hall–Kier alpha value is -2.17. The summed E-state index contributed by atoms with van der Waals surface area (Å²) in [4.78, 5) is 21.5. The van der Waals surface area contributed by atoms with Gasteiger partial charge in [-0.25, -0.2) is 9.97 Å². The van der Waals surface area contributed by atoms with Crippen molar-refractivity contribution in [3.8, 4) is 11.3 Å². The Morgan fingerprint density at radius 1 is 1.43 bits per heavy atom. The Labute approximate surface area is 80.0 Å². The second-order valence-corrected chi connectivity index (χ2v) is 2.73. The molecule has 0 saturated heterocycles. The molecule has 1 amide bonds. The van der Waals surface area contributed by atoms with Crippen LogP contribution >= 0.6 is 0 Å². The summed E-state index contributed by atoms with van der Waals surface area (Å²) in [5, 5.41) is 0. The molecule has 5 nitrogen and oxygen atoms in total. The molecule has 2 aromatic rings. The zero-order valence-electron chi connectivity index (χ0n) is 7.27. The van der Waals surface area contributed by atoms with Crippen LogP contribution in [0.3, 0.4) is 0 Å². The first-order valence-electron chi connectivity index (χ1n) is 4.03. The number of nitrogens with zero attached hydrogens (tertiary/aromatic N) is 2. The molecule has 0 unspecified atom stereocenters. The van der Waals surface area contributed by atoms with Crippen molar-refractivity contribution in [2.45, 2.75) is 0 Å². The summed E-state index contributed by atoms with van der Waals surface area (Å²) in [6, 6.07) is 3.57. The molecule has 0 aromatic carbocycles. The van der Waals surface area contributed by atoms with Crippen LogP contribution < -0.4 is 5.73 Å². The highest BCUT2D eigenvalue weighted by atomic mass is 16.1. The van der Waals surface area contributed by atoms with Crippen molar-refractivity contribution in [3.63, 3.8) is 0 Å². The van der Waals surface area contributed by atoms with Crippen LogP contribution in [0.25, 0.3) is 11.3 Å². The molecule has 0 spiro atoms. The quantitative estimate of drug-likeness (QED) is 0.722. The fraction of sp³-hybridized carbons (Fsp3) is 0. The topological polar surface area (TPSA) is 84.7 Å². The van der Waals surface area contributed by atoms with Crippen LogP contribution in [0, 0.1) is 0 Å². The molecule has 2 rings (SSSR count). The molecule has 2 aromatic heterocycles. The summed E-state index contributed by atoms with van der Waals surface area (Å²) >= 11 is 0. The van der Waals surface area contributed by atoms with Crippen molar-refractivity contribution in [1.29, 1.82) is 0 Å². The van der Waals surface area contributed by atoms with E-state index in [0.29, 0.717) is 5.69 Å². The third-order valence-corrected chi connectivity index (χ3v) is 1.77. The number of nitrogens with two attached hydrogens (primary N) is 1. The minimum absolute atomic E-state index is 0.0312. The number of carbonyl (C=O) groups is 1. The first-order chi connectivity index (χ1) is 6.77. The fourth-order valence-corrected chi connectivity index (χ4v) is 1.12. The lowest BCUT2D eigenvalue weighted by molar-refractivity contribution is 0.0990. The summed E-state index contributed by atoms with van der Waals surface area (Å²) < 4.78 is 0. The van der Waals surface area contributed by atoms with Crippen molar-refractivity contribution in [2.24, 2.45) is 5.73 Å².